The Bertz CT molecular complexity index is 574. The van der Waals surface area contributed by atoms with Crippen LogP contribution in [-0.4, -0.2) is 23.3 Å². The van der Waals surface area contributed by atoms with Gasteiger partial charge in [0.05, 0.1) is 6.54 Å². The van der Waals surface area contributed by atoms with Crippen LogP contribution < -0.4 is 5.73 Å². The van der Waals surface area contributed by atoms with E-state index in [0.29, 0.717) is 5.02 Å². The molecule has 1 aromatic rings. The molecule has 0 fully saturated rings. The van der Waals surface area contributed by atoms with Crippen molar-refractivity contribution in [1.29, 1.82) is 0 Å². The van der Waals surface area contributed by atoms with Crippen molar-refractivity contribution < 1.29 is 4.79 Å². The summed E-state index contributed by atoms with van der Waals surface area (Å²) in [6.45, 7) is 2.07. The van der Waals surface area contributed by atoms with Gasteiger partial charge in [0.15, 0.2) is 0 Å². The summed E-state index contributed by atoms with van der Waals surface area (Å²) in [4.78, 5) is 16.8. The first-order chi connectivity index (χ1) is 8.54. The Morgan fingerprint density at radius 3 is 2.94 bits per heavy atom. The number of benzene rings is 1. The SMILES string of the molecule is C#CCN1C(=O)N=C(N)C1c1ccc(C)c(Cl)c1. The van der Waals surface area contributed by atoms with Gasteiger partial charge in [-0.2, -0.15) is 4.99 Å². The third-order valence-corrected chi connectivity index (χ3v) is 3.24. The molecule has 1 unspecified atom stereocenters. The molecule has 0 aliphatic carbocycles. The molecule has 0 saturated carbocycles. The highest BCUT2D eigenvalue weighted by Crippen LogP contribution is 2.29. The van der Waals surface area contributed by atoms with E-state index >= 15 is 0 Å². The molecule has 1 aliphatic rings. The molecule has 0 bridgehead atoms. The second-order valence-corrected chi connectivity index (χ2v) is 4.47. The van der Waals surface area contributed by atoms with Crippen LogP contribution in [0.3, 0.4) is 0 Å². The van der Waals surface area contributed by atoms with Crippen molar-refractivity contribution in [3.63, 3.8) is 0 Å². The van der Waals surface area contributed by atoms with Gasteiger partial charge in [0.2, 0.25) is 0 Å². The van der Waals surface area contributed by atoms with Gasteiger partial charge in [-0.25, -0.2) is 4.79 Å². The minimum absolute atomic E-state index is 0.166. The largest absolute Gasteiger partial charge is 0.385 e. The molecule has 0 aromatic heterocycles. The Morgan fingerprint density at radius 1 is 1.61 bits per heavy atom. The van der Waals surface area contributed by atoms with Gasteiger partial charge < -0.3 is 5.73 Å². The Balaban J connectivity index is 2.41. The van der Waals surface area contributed by atoms with Gasteiger partial charge in [-0.3, -0.25) is 4.90 Å². The van der Waals surface area contributed by atoms with Crippen LogP contribution >= 0.6 is 11.6 Å². The zero-order valence-corrected chi connectivity index (χ0v) is 10.6. The summed E-state index contributed by atoms with van der Waals surface area (Å²) in [6.07, 6.45) is 5.25. The number of urea groups is 1. The summed E-state index contributed by atoms with van der Waals surface area (Å²) in [5, 5.41) is 0.625. The minimum Gasteiger partial charge on any atom is -0.385 e. The minimum atomic E-state index is -0.424. The molecule has 2 amide bonds. The molecule has 2 rings (SSSR count). The van der Waals surface area contributed by atoms with E-state index in [1.807, 2.05) is 19.1 Å². The van der Waals surface area contributed by atoms with Crippen molar-refractivity contribution in [2.45, 2.75) is 13.0 Å². The van der Waals surface area contributed by atoms with E-state index in [2.05, 4.69) is 10.9 Å². The van der Waals surface area contributed by atoms with Gasteiger partial charge in [-0.15, -0.1) is 6.42 Å². The molecule has 2 N–H and O–H groups in total. The summed E-state index contributed by atoms with van der Waals surface area (Å²) < 4.78 is 0. The fourth-order valence-electron chi connectivity index (χ4n) is 1.89. The van der Waals surface area contributed by atoms with Crippen molar-refractivity contribution in [1.82, 2.24) is 4.90 Å². The first kappa shape index (κ1) is 12.5. The highest BCUT2D eigenvalue weighted by atomic mass is 35.5. The van der Waals surface area contributed by atoms with Crippen molar-refractivity contribution in [2.75, 3.05) is 6.54 Å². The fraction of sp³-hybridized carbons (Fsp3) is 0.231. The van der Waals surface area contributed by atoms with Crippen LogP contribution in [0, 0.1) is 19.3 Å². The lowest BCUT2D eigenvalue weighted by Crippen LogP contribution is -2.33. The predicted molar refractivity (Wildman–Crippen MR) is 71.5 cm³/mol. The molecule has 1 aliphatic heterocycles. The number of rotatable bonds is 2. The van der Waals surface area contributed by atoms with Crippen LogP contribution in [0.5, 0.6) is 0 Å². The summed E-state index contributed by atoms with van der Waals surface area (Å²) in [5.41, 5.74) is 7.56. The summed E-state index contributed by atoms with van der Waals surface area (Å²) in [5.74, 6) is 2.68. The molecule has 1 heterocycles. The fourth-order valence-corrected chi connectivity index (χ4v) is 2.08. The number of nitrogens with zero attached hydrogens (tertiary/aromatic N) is 2. The monoisotopic (exact) mass is 261 g/mol. The van der Waals surface area contributed by atoms with E-state index in [9.17, 15) is 4.79 Å². The van der Waals surface area contributed by atoms with Gasteiger partial charge in [0, 0.05) is 5.02 Å². The lowest BCUT2D eigenvalue weighted by molar-refractivity contribution is 0.213. The number of amidine groups is 1. The normalized spacial score (nSPS) is 18.7. The maximum atomic E-state index is 11.6. The van der Waals surface area contributed by atoms with Crippen LogP contribution in [0.4, 0.5) is 4.79 Å². The molecule has 0 spiro atoms. The smallest absolute Gasteiger partial charge is 0.346 e. The maximum absolute atomic E-state index is 11.6. The average molecular weight is 262 g/mol. The number of aryl methyl sites for hydroxylation is 1. The van der Waals surface area contributed by atoms with Crippen molar-refractivity contribution in [2.24, 2.45) is 10.7 Å². The Labute approximate surface area is 110 Å². The second kappa shape index (κ2) is 4.71. The molecule has 18 heavy (non-hydrogen) atoms. The first-order valence-corrected chi connectivity index (χ1v) is 5.76. The summed E-state index contributed by atoms with van der Waals surface area (Å²) >= 11 is 6.08. The predicted octanol–water partition coefficient (Wildman–Crippen LogP) is 2.12. The van der Waals surface area contributed by atoms with E-state index < -0.39 is 12.1 Å². The average Bonchev–Trinajstić information content (AvgIpc) is 2.59. The number of hydrogen-bond acceptors (Lipinski definition) is 2. The third kappa shape index (κ3) is 2.05. The van der Waals surface area contributed by atoms with Gasteiger partial charge >= 0.3 is 6.03 Å². The van der Waals surface area contributed by atoms with E-state index in [0.717, 1.165) is 11.1 Å². The van der Waals surface area contributed by atoms with E-state index in [1.54, 1.807) is 6.07 Å². The number of terminal acetylenes is 1. The number of halogens is 1. The molecule has 92 valence electrons. The quantitative estimate of drug-likeness (QED) is 0.829. The van der Waals surface area contributed by atoms with E-state index in [4.69, 9.17) is 23.8 Å². The highest BCUT2D eigenvalue weighted by Gasteiger charge is 2.34. The molecule has 1 aromatic carbocycles. The van der Waals surface area contributed by atoms with Gasteiger partial charge in [0.25, 0.3) is 0 Å². The van der Waals surface area contributed by atoms with Crippen LogP contribution in [0.25, 0.3) is 0 Å². The van der Waals surface area contributed by atoms with Gasteiger partial charge in [-0.1, -0.05) is 29.7 Å². The third-order valence-electron chi connectivity index (χ3n) is 2.84. The Kier molecular flexibility index (Phi) is 3.26. The maximum Gasteiger partial charge on any atom is 0.346 e. The molecule has 0 radical (unpaired) electrons. The van der Waals surface area contributed by atoms with Crippen molar-refractivity contribution >= 4 is 23.5 Å². The Morgan fingerprint density at radius 2 is 2.33 bits per heavy atom. The summed E-state index contributed by atoms with van der Waals surface area (Å²) in [6, 6.07) is 4.70. The van der Waals surface area contributed by atoms with Crippen LogP contribution in [0.15, 0.2) is 23.2 Å². The van der Waals surface area contributed by atoms with E-state index in [1.165, 1.54) is 4.90 Å². The zero-order chi connectivity index (χ0) is 13.3. The molecule has 5 heteroatoms. The highest BCUT2D eigenvalue weighted by molar-refractivity contribution is 6.31. The van der Waals surface area contributed by atoms with Gasteiger partial charge in [0.1, 0.15) is 11.9 Å². The molecule has 1 atom stereocenters. The standard InChI is InChI=1S/C13H12ClN3O/c1-3-6-17-11(12(15)16-13(17)18)9-5-4-8(2)10(14)7-9/h1,4-5,7,11H,6H2,2H3,(H2,15,16,18). The second-order valence-electron chi connectivity index (χ2n) is 4.06. The van der Waals surface area contributed by atoms with Crippen LogP contribution in [0.2, 0.25) is 5.02 Å². The topological polar surface area (TPSA) is 58.7 Å². The lowest BCUT2D eigenvalue weighted by atomic mass is 10.0. The number of carbonyl (C=O) groups is 1. The molecule has 0 saturated heterocycles. The molecular formula is C13H12ClN3O. The van der Waals surface area contributed by atoms with Crippen molar-refractivity contribution in [3.05, 3.63) is 34.3 Å². The first-order valence-electron chi connectivity index (χ1n) is 5.38. The van der Waals surface area contributed by atoms with Crippen LogP contribution in [0.1, 0.15) is 17.2 Å². The number of aliphatic imine (C=N–C) groups is 1. The summed E-state index contributed by atoms with van der Waals surface area (Å²) in [7, 11) is 0. The van der Waals surface area contributed by atoms with Gasteiger partial charge in [-0.05, 0) is 24.1 Å². The zero-order valence-electron chi connectivity index (χ0n) is 9.85. The van der Waals surface area contributed by atoms with Crippen LogP contribution in [-0.2, 0) is 0 Å². The molecule has 4 nitrogen and oxygen atoms in total. The lowest BCUT2D eigenvalue weighted by Gasteiger charge is -2.22. The number of hydrogen-bond donors (Lipinski definition) is 1. The van der Waals surface area contributed by atoms with Crippen molar-refractivity contribution in [3.8, 4) is 12.3 Å². The number of carbonyl (C=O) groups excluding carboxylic acids is 1. The van der Waals surface area contributed by atoms with E-state index in [-0.39, 0.29) is 12.4 Å². The number of amides is 2. The molecular weight excluding hydrogens is 250 g/mol. The Hall–Kier alpha value is -1.99. The number of nitrogens with two attached hydrogens (primary N) is 1.